The van der Waals surface area contributed by atoms with Crippen molar-refractivity contribution in [2.45, 2.75) is 39.3 Å². The lowest BCUT2D eigenvalue weighted by molar-refractivity contribution is 0.244. The first-order valence-electron chi connectivity index (χ1n) is 9.50. The van der Waals surface area contributed by atoms with Gasteiger partial charge in [0, 0.05) is 18.9 Å². The number of benzene rings is 1. The van der Waals surface area contributed by atoms with Crippen molar-refractivity contribution in [3.8, 4) is 0 Å². The van der Waals surface area contributed by atoms with Gasteiger partial charge in [0.1, 0.15) is 5.82 Å². The molecule has 4 rings (SSSR count). The molecule has 3 aromatic rings. The molecule has 2 aromatic heterocycles. The number of aromatic nitrogens is 3. The molecule has 27 heavy (non-hydrogen) atoms. The number of hydrogen-bond donors (Lipinski definition) is 1. The Morgan fingerprint density at radius 2 is 1.89 bits per heavy atom. The largest absolute Gasteiger partial charge is 0.309 e. The van der Waals surface area contributed by atoms with Crippen LogP contribution in [0.4, 0.5) is 11.8 Å². The van der Waals surface area contributed by atoms with Gasteiger partial charge in [-0.1, -0.05) is 24.3 Å². The maximum Gasteiger partial charge on any atom is 0.228 e. The van der Waals surface area contributed by atoms with Gasteiger partial charge >= 0.3 is 0 Å². The first kappa shape index (κ1) is 17.6. The minimum Gasteiger partial charge on any atom is -0.309 e. The van der Waals surface area contributed by atoms with Gasteiger partial charge in [0.25, 0.3) is 0 Å². The average Bonchev–Trinajstić information content (AvgIpc) is 3.14. The van der Waals surface area contributed by atoms with Crippen LogP contribution >= 0.6 is 0 Å². The maximum absolute atomic E-state index is 4.84. The summed E-state index contributed by atoms with van der Waals surface area (Å²) < 4.78 is 0. The van der Waals surface area contributed by atoms with Crippen LogP contribution in [0.1, 0.15) is 41.3 Å². The zero-order valence-corrected chi connectivity index (χ0v) is 15.9. The van der Waals surface area contributed by atoms with Crippen molar-refractivity contribution in [2.24, 2.45) is 0 Å². The molecule has 1 N–H and O–H groups in total. The van der Waals surface area contributed by atoms with Crippen LogP contribution < -0.4 is 5.32 Å². The lowest BCUT2D eigenvalue weighted by Gasteiger charge is -2.24. The number of anilines is 2. The molecule has 1 saturated heterocycles. The van der Waals surface area contributed by atoms with Gasteiger partial charge in [0.2, 0.25) is 5.95 Å². The average molecular weight is 359 g/mol. The Bertz CT molecular complexity index is 910. The van der Waals surface area contributed by atoms with Crippen LogP contribution in [-0.2, 0) is 6.54 Å². The second-order valence-corrected chi connectivity index (χ2v) is 7.19. The van der Waals surface area contributed by atoms with Gasteiger partial charge in [-0.15, -0.1) is 0 Å². The third kappa shape index (κ3) is 4.14. The van der Waals surface area contributed by atoms with E-state index in [9.17, 15) is 0 Å². The zero-order chi connectivity index (χ0) is 18.6. The van der Waals surface area contributed by atoms with E-state index in [1.807, 2.05) is 6.07 Å². The van der Waals surface area contributed by atoms with Crippen molar-refractivity contribution in [1.29, 1.82) is 0 Å². The predicted octanol–water partition coefficient (Wildman–Crippen LogP) is 4.57. The van der Waals surface area contributed by atoms with Crippen LogP contribution in [-0.4, -0.2) is 26.4 Å². The van der Waals surface area contributed by atoms with E-state index in [4.69, 9.17) is 4.98 Å². The lowest BCUT2D eigenvalue weighted by Crippen LogP contribution is -2.23. The summed E-state index contributed by atoms with van der Waals surface area (Å²) >= 11 is 0. The fourth-order valence-electron chi connectivity index (χ4n) is 3.67. The molecule has 0 amide bonds. The second-order valence-electron chi connectivity index (χ2n) is 7.19. The summed E-state index contributed by atoms with van der Waals surface area (Å²) in [5.41, 5.74) is 5.19. The van der Waals surface area contributed by atoms with Crippen LogP contribution in [0.2, 0.25) is 0 Å². The monoisotopic (exact) mass is 359 g/mol. The third-order valence-electron chi connectivity index (χ3n) is 5.24. The highest BCUT2D eigenvalue weighted by molar-refractivity contribution is 5.47. The number of hydrogen-bond acceptors (Lipinski definition) is 5. The Hall–Kier alpha value is -2.79. The van der Waals surface area contributed by atoms with Crippen molar-refractivity contribution < 1.29 is 0 Å². The summed E-state index contributed by atoms with van der Waals surface area (Å²) in [5.74, 6) is 1.36. The van der Waals surface area contributed by atoms with Crippen molar-refractivity contribution in [1.82, 2.24) is 19.9 Å². The quantitative estimate of drug-likeness (QED) is 0.723. The highest BCUT2D eigenvalue weighted by Gasteiger charge is 2.27. The van der Waals surface area contributed by atoms with Gasteiger partial charge in [-0.25, -0.2) is 15.0 Å². The Balaban J connectivity index is 1.51. The van der Waals surface area contributed by atoms with E-state index >= 15 is 0 Å². The molecule has 0 unspecified atom stereocenters. The van der Waals surface area contributed by atoms with Crippen LogP contribution in [0.15, 0.2) is 54.9 Å². The van der Waals surface area contributed by atoms with Crippen LogP contribution in [0, 0.1) is 13.8 Å². The minimum absolute atomic E-state index is 0.352. The number of aryl methyl sites for hydroxylation is 2. The summed E-state index contributed by atoms with van der Waals surface area (Å²) in [6, 6.07) is 15.1. The van der Waals surface area contributed by atoms with Gasteiger partial charge in [0.15, 0.2) is 0 Å². The SMILES string of the molecule is Cc1ccc(CN2CCC[C@H]2c2cccc(Nc3ncccn3)n2)cc1C. The van der Waals surface area contributed by atoms with E-state index in [-0.39, 0.29) is 0 Å². The molecule has 1 atom stereocenters. The summed E-state index contributed by atoms with van der Waals surface area (Å²) in [6.45, 7) is 6.42. The Labute approximate surface area is 160 Å². The molecule has 0 bridgehead atoms. The minimum atomic E-state index is 0.352. The second kappa shape index (κ2) is 7.84. The lowest BCUT2D eigenvalue weighted by atomic mass is 10.1. The highest BCUT2D eigenvalue weighted by atomic mass is 15.2. The molecule has 5 nitrogen and oxygen atoms in total. The molecule has 1 aromatic carbocycles. The Kier molecular flexibility index (Phi) is 5.12. The summed E-state index contributed by atoms with van der Waals surface area (Å²) in [4.78, 5) is 15.8. The molecular formula is C22H25N5. The molecular weight excluding hydrogens is 334 g/mol. The van der Waals surface area contributed by atoms with Gasteiger partial charge in [-0.3, -0.25) is 4.90 Å². The maximum atomic E-state index is 4.84. The van der Waals surface area contributed by atoms with Gasteiger partial charge in [-0.2, -0.15) is 0 Å². The van der Waals surface area contributed by atoms with Crippen LogP contribution in [0.25, 0.3) is 0 Å². The Morgan fingerprint density at radius 1 is 1.04 bits per heavy atom. The van der Waals surface area contributed by atoms with Gasteiger partial charge in [0.05, 0.1) is 11.7 Å². The molecule has 5 heteroatoms. The van der Waals surface area contributed by atoms with E-state index in [2.05, 4.69) is 64.4 Å². The summed E-state index contributed by atoms with van der Waals surface area (Å²) in [6.07, 6.45) is 5.79. The van der Waals surface area contributed by atoms with E-state index in [1.165, 1.54) is 23.1 Å². The van der Waals surface area contributed by atoms with Crippen molar-refractivity contribution in [3.05, 3.63) is 77.2 Å². The van der Waals surface area contributed by atoms with E-state index in [0.29, 0.717) is 12.0 Å². The third-order valence-corrected chi connectivity index (χ3v) is 5.24. The molecule has 0 radical (unpaired) electrons. The normalized spacial score (nSPS) is 17.2. The number of pyridine rings is 1. The molecule has 1 fully saturated rings. The molecule has 3 heterocycles. The van der Waals surface area contributed by atoms with Gasteiger partial charge in [-0.05, 0) is 68.1 Å². The van der Waals surface area contributed by atoms with Gasteiger partial charge < -0.3 is 5.32 Å². The fourth-order valence-corrected chi connectivity index (χ4v) is 3.67. The van der Waals surface area contributed by atoms with Crippen LogP contribution in [0.3, 0.4) is 0 Å². The van der Waals surface area contributed by atoms with E-state index < -0.39 is 0 Å². The number of likely N-dealkylation sites (tertiary alicyclic amines) is 1. The summed E-state index contributed by atoms with van der Waals surface area (Å²) in [5, 5.41) is 3.19. The molecule has 138 valence electrons. The number of nitrogens with one attached hydrogen (secondary N) is 1. The molecule has 0 aliphatic carbocycles. The number of nitrogens with zero attached hydrogens (tertiary/aromatic N) is 4. The first-order chi connectivity index (χ1) is 13.2. The highest BCUT2D eigenvalue weighted by Crippen LogP contribution is 2.33. The molecule has 0 saturated carbocycles. The smallest absolute Gasteiger partial charge is 0.228 e. The zero-order valence-electron chi connectivity index (χ0n) is 15.9. The van der Waals surface area contributed by atoms with Crippen molar-refractivity contribution in [3.63, 3.8) is 0 Å². The van der Waals surface area contributed by atoms with E-state index in [0.717, 1.165) is 31.0 Å². The van der Waals surface area contributed by atoms with Crippen molar-refractivity contribution in [2.75, 3.05) is 11.9 Å². The van der Waals surface area contributed by atoms with Crippen LogP contribution in [0.5, 0.6) is 0 Å². The Morgan fingerprint density at radius 3 is 2.70 bits per heavy atom. The first-order valence-corrected chi connectivity index (χ1v) is 9.50. The molecule has 0 spiro atoms. The van der Waals surface area contributed by atoms with Crippen molar-refractivity contribution >= 4 is 11.8 Å². The van der Waals surface area contributed by atoms with E-state index in [1.54, 1.807) is 18.5 Å². The molecule has 1 aliphatic heterocycles. The number of rotatable bonds is 5. The topological polar surface area (TPSA) is 53.9 Å². The predicted molar refractivity (Wildman–Crippen MR) is 108 cm³/mol. The summed E-state index contributed by atoms with van der Waals surface area (Å²) in [7, 11) is 0. The standard InChI is InChI=1S/C22H25N5/c1-16-9-10-18(14-17(16)2)15-27-13-4-7-20(27)19-6-3-8-21(25-19)26-22-23-11-5-12-24-22/h3,5-6,8-12,14,20H,4,7,13,15H2,1-2H3,(H,23,24,25,26)/t20-/m0/s1. The molecule has 1 aliphatic rings. The fraction of sp³-hybridized carbons (Fsp3) is 0.318.